The van der Waals surface area contributed by atoms with Gasteiger partial charge in [-0.2, -0.15) is 0 Å². The summed E-state index contributed by atoms with van der Waals surface area (Å²) in [5, 5.41) is 3.93. The Bertz CT molecular complexity index is 1640. The Hall–Kier alpha value is -4.04. The molecule has 33 heavy (non-hydrogen) atoms. The molecule has 0 aliphatic heterocycles. The molecule has 0 N–H and O–H groups in total. The van der Waals surface area contributed by atoms with Crippen LogP contribution in [0, 0.1) is 0 Å². The van der Waals surface area contributed by atoms with Gasteiger partial charge in [0.15, 0.2) is 0 Å². The van der Waals surface area contributed by atoms with E-state index in [0.717, 1.165) is 12.8 Å². The van der Waals surface area contributed by atoms with Gasteiger partial charge in [-0.25, -0.2) is 0 Å². The van der Waals surface area contributed by atoms with E-state index in [1.807, 2.05) is 0 Å². The molecular weight excluding hydrogens is 400 g/mol. The summed E-state index contributed by atoms with van der Waals surface area (Å²) in [6.45, 7) is 0. The summed E-state index contributed by atoms with van der Waals surface area (Å²) in [5.41, 5.74) is 9.00. The van der Waals surface area contributed by atoms with Gasteiger partial charge < -0.3 is 9.13 Å². The molecule has 4 aromatic carbocycles. The zero-order valence-corrected chi connectivity index (χ0v) is 18.4. The van der Waals surface area contributed by atoms with E-state index in [-0.39, 0.29) is 0 Å². The van der Waals surface area contributed by atoms with Crippen LogP contribution in [0.1, 0.15) is 24.1 Å². The number of para-hydroxylation sites is 3. The Morgan fingerprint density at radius 2 is 1.12 bits per heavy atom. The van der Waals surface area contributed by atoms with Gasteiger partial charge in [-0.1, -0.05) is 72.8 Å². The third kappa shape index (κ3) is 2.74. The van der Waals surface area contributed by atoms with Gasteiger partial charge in [-0.15, -0.1) is 0 Å². The molecule has 2 nitrogen and oxygen atoms in total. The van der Waals surface area contributed by atoms with Crippen LogP contribution in [0.5, 0.6) is 0 Å². The second kappa shape index (κ2) is 7.25. The van der Waals surface area contributed by atoms with E-state index in [1.54, 1.807) is 0 Å². The van der Waals surface area contributed by atoms with Gasteiger partial charge in [-0.05, 0) is 55.7 Å². The largest absolute Gasteiger partial charge is 0.313 e. The standard InChI is InChI=1S/C31H24N2/c1-2-13-24-25-14-4-7-18-29(25)32(28(24)17-3-1)22-11-10-12-23(21-22)33-30-19-8-5-15-26(30)27-16-6-9-20-31(27)33/h2,4-16,18-21H,1,3,17H2. The van der Waals surface area contributed by atoms with Gasteiger partial charge in [0, 0.05) is 38.8 Å². The zero-order valence-electron chi connectivity index (χ0n) is 18.4. The number of rotatable bonds is 2. The number of aromatic nitrogens is 2. The molecule has 0 unspecified atom stereocenters. The number of hydrogen-bond acceptors (Lipinski definition) is 0. The number of nitrogens with zero attached hydrogens (tertiary/aromatic N) is 2. The van der Waals surface area contributed by atoms with Crippen LogP contribution >= 0.6 is 0 Å². The fourth-order valence-electron chi connectivity index (χ4n) is 5.61. The van der Waals surface area contributed by atoms with Gasteiger partial charge in [0.05, 0.1) is 16.6 Å². The van der Waals surface area contributed by atoms with Gasteiger partial charge in [0.25, 0.3) is 0 Å². The monoisotopic (exact) mass is 424 g/mol. The minimum absolute atomic E-state index is 1.09. The first kappa shape index (κ1) is 18.5. The van der Waals surface area contributed by atoms with Gasteiger partial charge in [-0.3, -0.25) is 0 Å². The summed E-state index contributed by atoms with van der Waals surface area (Å²) >= 11 is 0. The molecule has 158 valence electrons. The third-order valence-electron chi connectivity index (χ3n) is 7.01. The zero-order chi connectivity index (χ0) is 21.8. The molecule has 2 heterocycles. The van der Waals surface area contributed by atoms with Gasteiger partial charge >= 0.3 is 0 Å². The van der Waals surface area contributed by atoms with Crippen LogP contribution < -0.4 is 0 Å². The Kier molecular flexibility index (Phi) is 4.07. The quantitative estimate of drug-likeness (QED) is 0.266. The highest BCUT2D eigenvalue weighted by Crippen LogP contribution is 2.36. The van der Waals surface area contributed by atoms with Crippen molar-refractivity contribution >= 4 is 38.8 Å². The smallest absolute Gasteiger partial charge is 0.0541 e. The van der Waals surface area contributed by atoms with E-state index in [4.69, 9.17) is 0 Å². The molecule has 0 spiro atoms. The predicted molar refractivity (Wildman–Crippen MR) is 140 cm³/mol. The van der Waals surface area contributed by atoms with Crippen LogP contribution in [0.15, 0.2) is 103 Å². The van der Waals surface area contributed by atoms with E-state index >= 15 is 0 Å². The van der Waals surface area contributed by atoms with Crippen molar-refractivity contribution in [3.05, 3.63) is 114 Å². The van der Waals surface area contributed by atoms with E-state index in [0.29, 0.717) is 0 Å². The summed E-state index contributed by atoms with van der Waals surface area (Å²) in [6.07, 6.45) is 8.09. The topological polar surface area (TPSA) is 9.86 Å². The number of hydrogen-bond donors (Lipinski definition) is 0. The van der Waals surface area contributed by atoms with Crippen molar-refractivity contribution in [2.24, 2.45) is 0 Å². The molecular formula is C31H24N2. The molecule has 6 aromatic rings. The van der Waals surface area contributed by atoms with E-state index in [9.17, 15) is 0 Å². The first-order valence-electron chi connectivity index (χ1n) is 11.8. The van der Waals surface area contributed by atoms with Crippen molar-refractivity contribution in [3.8, 4) is 11.4 Å². The van der Waals surface area contributed by atoms with Gasteiger partial charge in [0.2, 0.25) is 0 Å². The Morgan fingerprint density at radius 3 is 1.82 bits per heavy atom. The fraction of sp³-hybridized carbons (Fsp3) is 0.0968. The van der Waals surface area contributed by atoms with Crippen LogP contribution in [-0.2, 0) is 6.42 Å². The summed E-state index contributed by atoms with van der Waals surface area (Å²) < 4.78 is 4.89. The van der Waals surface area contributed by atoms with Crippen molar-refractivity contribution in [1.82, 2.24) is 9.13 Å². The average molecular weight is 425 g/mol. The molecule has 0 saturated heterocycles. The summed E-state index contributed by atoms with van der Waals surface area (Å²) in [4.78, 5) is 0. The molecule has 0 fully saturated rings. The summed E-state index contributed by atoms with van der Waals surface area (Å²) in [5.74, 6) is 0. The second-order valence-corrected chi connectivity index (χ2v) is 8.90. The molecule has 1 aliphatic rings. The molecule has 0 amide bonds. The molecule has 7 rings (SSSR count). The van der Waals surface area contributed by atoms with Crippen LogP contribution in [-0.4, -0.2) is 9.13 Å². The molecule has 0 atom stereocenters. The minimum Gasteiger partial charge on any atom is -0.313 e. The van der Waals surface area contributed by atoms with Gasteiger partial charge in [0.1, 0.15) is 0 Å². The SMILES string of the molecule is C1=Cc2c(n(-c3cccc(-n4c5ccccc5c5ccccc54)c3)c3ccccc23)CCC1. The Balaban J connectivity index is 1.52. The lowest BCUT2D eigenvalue weighted by Crippen LogP contribution is -2.02. The Morgan fingerprint density at radius 1 is 0.545 bits per heavy atom. The molecule has 2 aromatic heterocycles. The van der Waals surface area contributed by atoms with Crippen molar-refractivity contribution < 1.29 is 0 Å². The van der Waals surface area contributed by atoms with E-state index < -0.39 is 0 Å². The molecule has 0 saturated carbocycles. The van der Waals surface area contributed by atoms with Crippen LogP contribution in [0.4, 0.5) is 0 Å². The van der Waals surface area contributed by atoms with Crippen LogP contribution in [0.3, 0.4) is 0 Å². The highest BCUT2D eigenvalue weighted by atomic mass is 15.0. The van der Waals surface area contributed by atoms with Crippen molar-refractivity contribution in [3.63, 3.8) is 0 Å². The number of benzene rings is 4. The molecule has 1 aliphatic carbocycles. The molecule has 2 heteroatoms. The maximum Gasteiger partial charge on any atom is 0.0541 e. The normalized spacial score (nSPS) is 13.6. The maximum atomic E-state index is 2.48. The lowest BCUT2D eigenvalue weighted by molar-refractivity contribution is 0.807. The molecule has 0 radical (unpaired) electrons. The number of allylic oxidation sites excluding steroid dienone is 1. The number of fused-ring (bicyclic) bond motifs is 6. The minimum atomic E-state index is 1.09. The van der Waals surface area contributed by atoms with E-state index in [1.165, 1.54) is 61.8 Å². The van der Waals surface area contributed by atoms with Crippen molar-refractivity contribution in [1.29, 1.82) is 0 Å². The fourth-order valence-corrected chi connectivity index (χ4v) is 5.61. The lowest BCUT2D eigenvalue weighted by Gasteiger charge is -2.14. The Labute approximate surface area is 193 Å². The highest BCUT2D eigenvalue weighted by molar-refractivity contribution is 6.09. The second-order valence-electron chi connectivity index (χ2n) is 8.90. The first-order chi connectivity index (χ1) is 16.4. The maximum absolute atomic E-state index is 2.48. The van der Waals surface area contributed by atoms with E-state index in [2.05, 4.69) is 118 Å². The van der Waals surface area contributed by atoms with Crippen molar-refractivity contribution in [2.75, 3.05) is 0 Å². The van der Waals surface area contributed by atoms with Crippen molar-refractivity contribution in [2.45, 2.75) is 19.3 Å². The average Bonchev–Trinajstić information content (AvgIpc) is 3.25. The first-order valence-corrected chi connectivity index (χ1v) is 11.8. The highest BCUT2D eigenvalue weighted by Gasteiger charge is 2.18. The van der Waals surface area contributed by atoms with Crippen LogP contribution in [0.2, 0.25) is 0 Å². The third-order valence-corrected chi connectivity index (χ3v) is 7.01. The van der Waals surface area contributed by atoms with Crippen LogP contribution in [0.25, 0.3) is 50.2 Å². The summed E-state index contributed by atoms with van der Waals surface area (Å²) in [6, 6.07) is 35.3. The summed E-state index contributed by atoms with van der Waals surface area (Å²) in [7, 11) is 0. The predicted octanol–water partition coefficient (Wildman–Crippen LogP) is 8.08. The molecule has 0 bridgehead atoms. The lowest BCUT2D eigenvalue weighted by atomic mass is 10.1.